The Balaban J connectivity index is 1.71. The SMILES string of the molecule is O=[N+]([O-])c1ccc2c(c1)CCN2c1nc(-c2cccnc2)nc2ccc(I)cc12. The van der Waals surface area contributed by atoms with Crippen molar-refractivity contribution in [1.29, 1.82) is 0 Å². The summed E-state index contributed by atoms with van der Waals surface area (Å²) in [6.07, 6.45) is 4.20. The first-order chi connectivity index (χ1) is 14.1. The van der Waals surface area contributed by atoms with Gasteiger partial charge in [-0.05, 0) is 71.0 Å². The summed E-state index contributed by atoms with van der Waals surface area (Å²) in [5.74, 6) is 1.41. The molecule has 0 bridgehead atoms. The van der Waals surface area contributed by atoms with Gasteiger partial charge in [-0.15, -0.1) is 0 Å². The zero-order valence-electron chi connectivity index (χ0n) is 15.1. The Morgan fingerprint density at radius 2 is 2.00 bits per heavy atom. The number of non-ortho nitro benzene ring substituents is 1. The molecule has 2 aromatic heterocycles. The van der Waals surface area contributed by atoms with Crippen LogP contribution in [0.15, 0.2) is 60.9 Å². The summed E-state index contributed by atoms with van der Waals surface area (Å²) < 4.78 is 1.09. The van der Waals surface area contributed by atoms with Gasteiger partial charge in [0, 0.05) is 51.3 Å². The largest absolute Gasteiger partial charge is 0.325 e. The zero-order valence-corrected chi connectivity index (χ0v) is 17.3. The molecule has 3 heterocycles. The first kappa shape index (κ1) is 17.9. The fourth-order valence-corrected chi connectivity index (χ4v) is 4.13. The van der Waals surface area contributed by atoms with Crippen molar-refractivity contribution in [3.63, 3.8) is 0 Å². The molecular weight excluding hydrogens is 481 g/mol. The van der Waals surface area contributed by atoms with Crippen molar-refractivity contribution >= 4 is 50.7 Å². The molecule has 4 aromatic rings. The molecule has 1 aliphatic rings. The second-order valence-electron chi connectivity index (χ2n) is 6.75. The summed E-state index contributed by atoms with van der Waals surface area (Å²) in [7, 11) is 0. The number of benzene rings is 2. The third kappa shape index (κ3) is 3.19. The highest BCUT2D eigenvalue weighted by Gasteiger charge is 2.26. The summed E-state index contributed by atoms with van der Waals surface area (Å²) in [6.45, 7) is 0.709. The van der Waals surface area contributed by atoms with Gasteiger partial charge in [0.25, 0.3) is 5.69 Å². The van der Waals surface area contributed by atoms with Crippen LogP contribution in [0.3, 0.4) is 0 Å². The first-order valence-corrected chi connectivity index (χ1v) is 10.1. The number of rotatable bonds is 3. The highest BCUT2D eigenvalue weighted by Crippen LogP contribution is 2.39. The number of hydrogen-bond acceptors (Lipinski definition) is 6. The highest BCUT2D eigenvalue weighted by atomic mass is 127. The van der Waals surface area contributed by atoms with Crippen LogP contribution >= 0.6 is 22.6 Å². The third-order valence-electron chi connectivity index (χ3n) is 4.98. The minimum absolute atomic E-state index is 0.115. The molecule has 0 atom stereocenters. The van der Waals surface area contributed by atoms with Crippen molar-refractivity contribution in [1.82, 2.24) is 15.0 Å². The predicted octanol–water partition coefficient (Wildman–Crippen LogP) is 4.90. The molecule has 5 rings (SSSR count). The van der Waals surface area contributed by atoms with Gasteiger partial charge in [0.1, 0.15) is 5.82 Å². The Morgan fingerprint density at radius 3 is 2.79 bits per heavy atom. The van der Waals surface area contributed by atoms with Crippen molar-refractivity contribution in [3.05, 3.63) is 80.2 Å². The molecule has 0 N–H and O–H groups in total. The standard InChI is InChI=1S/C21H14IN5O2/c22-15-3-5-18-17(11-15)21(25-20(24-18)14-2-1-8-23-12-14)26-9-7-13-10-16(27(28)29)4-6-19(13)26/h1-6,8,10-12H,7,9H2. The van der Waals surface area contributed by atoms with Crippen LogP contribution in [-0.4, -0.2) is 26.4 Å². The molecule has 8 heteroatoms. The van der Waals surface area contributed by atoms with Crippen molar-refractivity contribution < 1.29 is 4.92 Å². The number of hydrogen-bond donors (Lipinski definition) is 0. The fraction of sp³-hybridized carbons (Fsp3) is 0.0952. The molecule has 142 valence electrons. The average molecular weight is 495 g/mol. The Labute approximate surface area is 179 Å². The second-order valence-corrected chi connectivity index (χ2v) is 7.99. The van der Waals surface area contributed by atoms with Crippen LogP contribution in [0.2, 0.25) is 0 Å². The van der Waals surface area contributed by atoms with E-state index in [1.165, 1.54) is 0 Å². The Kier molecular flexibility index (Phi) is 4.35. The molecule has 7 nitrogen and oxygen atoms in total. The number of pyridine rings is 1. The number of nitro benzene ring substituents is 1. The minimum atomic E-state index is -0.355. The molecule has 2 aromatic carbocycles. The molecular formula is C21H14IN5O2. The van der Waals surface area contributed by atoms with E-state index in [9.17, 15) is 10.1 Å². The lowest BCUT2D eigenvalue weighted by Crippen LogP contribution is -2.16. The number of halogens is 1. The minimum Gasteiger partial charge on any atom is -0.325 e. The van der Waals surface area contributed by atoms with Crippen LogP contribution in [0.1, 0.15) is 5.56 Å². The summed E-state index contributed by atoms with van der Waals surface area (Å²) in [6, 6.07) is 14.9. The van der Waals surface area contributed by atoms with Gasteiger partial charge in [-0.2, -0.15) is 0 Å². The van der Waals surface area contributed by atoms with E-state index in [0.717, 1.165) is 43.5 Å². The van der Waals surface area contributed by atoms with E-state index in [1.807, 2.05) is 30.3 Å². The van der Waals surface area contributed by atoms with E-state index in [-0.39, 0.29) is 10.6 Å². The average Bonchev–Trinajstić information content (AvgIpc) is 3.16. The van der Waals surface area contributed by atoms with Crippen LogP contribution in [0.5, 0.6) is 0 Å². The number of fused-ring (bicyclic) bond motifs is 2. The van der Waals surface area contributed by atoms with Gasteiger partial charge in [0.15, 0.2) is 5.82 Å². The maximum atomic E-state index is 11.1. The number of nitrogens with zero attached hydrogens (tertiary/aromatic N) is 5. The van der Waals surface area contributed by atoms with E-state index in [1.54, 1.807) is 24.5 Å². The summed E-state index contributed by atoms with van der Waals surface area (Å²) in [4.78, 5) is 26.7. The van der Waals surface area contributed by atoms with Crippen LogP contribution in [-0.2, 0) is 6.42 Å². The van der Waals surface area contributed by atoms with Crippen molar-refractivity contribution in [3.8, 4) is 11.4 Å². The van der Waals surface area contributed by atoms with Crippen molar-refractivity contribution in [2.45, 2.75) is 6.42 Å². The van der Waals surface area contributed by atoms with Crippen LogP contribution in [0.25, 0.3) is 22.3 Å². The Hall–Kier alpha value is -3.14. The lowest BCUT2D eigenvalue weighted by Gasteiger charge is -2.21. The number of aromatic nitrogens is 3. The quantitative estimate of drug-likeness (QED) is 0.229. The zero-order chi connectivity index (χ0) is 20.0. The maximum Gasteiger partial charge on any atom is 0.269 e. The highest BCUT2D eigenvalue weighted by molar-refractivity contribution is 14.1. The number of nitro groups is 1. The van der Waals surface area contributed by atoms with Gasteiger partial charge in [0.2, 0.25) is 0 Å². The molecule has 0 radical (unpaired) electrons. The Bertz CT molecular complexity index is 1260. The van der Waals surface area contributed by atoms with E-state index >= 15 is 0 Å². The van der Waals surface area contributed by atoms with Crippen LogP contribution < -0.4 is 4.90 Å². The topological polar surface area (TPSA) is 85.0 Å². The smallest absolute Gasteiger partial charge is 0.269 e. The molecule has 0 spiro atoms. The lowest BCUT2D eigenvalue weighted by atomic mass is 10.1. The fourth-order valence-electron chi connectivity index (χ4n) is 3.64. The molecule has 0 amide bonds. The van der Waals surface area contributed by atoms with E-state index in [2.05, 4.69) is 38.5 Å². The molecule has 0 aliphatic carbocycles. The third-order valence-corrected chi connectivity index (χ3v) is 5.65. The van der Waals surface area contributed by atoms with E-state index in [0.29, 0.717) is 12.4 Å². The van der Waals surface area contributed by atoms with Crippen LogP contribution in [0.4, 0.5) is 17.2 Å². The number of anilines is 2. The molecule has 0 fully saturated rings. The van der Waals surface area contributed by atoms with Gasteiger partial charge < -0.3 is 4.90 Å². The summed E-state index contributed by atoms with van der Waals surface area (Å²) in [5.41, 5.74) is 3.72. The second kappa shape index (κ2) is 7.03. The van der Waals surface area contributed by atoms with Gasteiger partial charge in [-0.3, -0.25) is 15.1 Å². The Morgan fingerprint density at radius 1 is 1.10 bits per heavy atom. The normalized spacial score (nSPS) is 12.9. The van der Waals surface area contributed by atoms with Crippen LogP contribution in [0, 0.1) is 13.7 Å². The van der Waals surface area contributed by atoms with E-state index < -0.39 is 0 Å². The van der Waals surface area contributed by atoms with Crippen molar-refractivity contribution in [2.24, 2.45) is 0 Å². The lowest BCUT2D eigenvalue weighted by molar-refractivity contribution is -0.384. The molecule has 0 saturated heterocycles. The molecule has 0 saturated carbocycles. The van der Waals surface area contributed by atoms with E-state index in [4.69, 9.17) is 9.97 Å². The maximum absolute atomic E-state index is 11.1. The van der Waals surface area contributed by atoms with Gasteiger partial charge in [-0.25, -0.2) is 9.97 Å². The predicted molar refractivity (Wildman–Crippen MR) is 119 cm³/mol. The van der Waals surface area contributed by atoms with Crippen molar-refractivity contribution in [2.75, 3.05) is 11.4 Å². The molecule has 1 aliphatic heterocycles. The first-order valence-electron chi connectivity index (χ1n) is 9.03. The van der Waals surface area contributed by atoms with Gasteiger partial charge >= 0.3 is 0 Å². The summed E-state index contributed by atoms with van der Waals surface area (Å²) >= 11 is 2.28. The van der Waals surface area contributed by atoms with Gasteiger partial charge in [-0.1, -0.05) is 0 Å². The monoisotopic (exact) mass is 495 g/mol. The molecule has 0 unspecified atom stereocenters. The summed E-state index contributed by atoms with van der Waals surface area (Å²) in [5, 5.41) is 12.1. The van der Waals surface area contributed by atoms with Gasteiger partial charge in [0.05, 0.1) is 10.4 Å². The molecule has 29 heavy (non-hydrogen) atoms.